The van der Waals surface area contributed by atoms with Crippen molar-refractivity contribution in [2.75, 3.05) is 19.6 Å². The van der Waals surface area contributed by atoms with Crippen LogP contribution in [0.1, 0.15) is 12.5 Å². The zero-order chi connectivity index (χ0) is 12.1. The Balaban J connectivity index is 2.02. The summed E-state index contributed by atoms with van der Waals surface area (Å²) in [5.74, 6) is 0. The number of nitrogens with one attached hydrogen (secondary N) is 2. The van der Waals surface area contributed by atoms with E-state index >= 15 is 0 Å². The molecule has 2 amide bonds. The summed E-state index contributed by atoms with van der Waals surface area (Å²) in [6.45, 7) is 4.98. The Morgan fingerprint density at radius 1 is 1.53 bits per heavy atom. The van der Waals surface area contributed by atoms with Gasteiger partial charge >= 0.3 is 6.03 Å². The summed E-state index contributed by atoms with van der Waals surface area (Å²) in [5.41, 5.74) is 1.11. The van der Waals surface area contributed by atoms with Crippen molar-refractivity contribution in [3.05, 3.63) is 30.1 Å². The average Bonchev–Trinajstić information content (AvgIpc) is 2.27. The van der Waals surface area contributed by atoms with E-state index in [1.807, 2.05) is 24.0 Å². The van der Waals surface area contributed by atoms with E-state index in [2.05, 4.69) is 15.6 Å². The quantitative estimate of drug-likeness (QED) is 0.801. The van der Waals surface area contributed by atoms with Crippen LogP contribution in [0.25, 0.3) is 0 Å². The highest BCUT2D eigenvalue weighted by Crippen LogP contribution is 2.11. The third kappa shape index (κ3) is 2.94. The molecule has 0 bridgehead atoms. The minimum atomic E-state index is 0.0100. The molecular formula is C12H18N4O. The van der Waals surface area contributed by atoms with Gasteiger partial charge in [-0.3, -0.25) is 4.98 Å². The van der Waals surface area contributed by atoms with Gasteiger partial charge in [-0.15, -0.1) is 0 Å². The molecule has 1 aromatic heterocycles. The third-order valence-corrected chi connectivity index (χ3v) is 2.89. The number of nitrogens with zero attached hydrogens (tertiary/aromatic N) is 2. The average molecular weight is 234 g/mol. The molecule has 5 heteroatoms. The summed E-state index contributed by atoms with van der Waals surface area (Å²) in [7, 11) is 0. The smallest absolute Gasteiger partial charge is 0.318 e. The number of aromatic nitrogens is 1. The molecular weight excluding hydrogens is 216 g/mol. The highest BCUT2D eigenvalue weighted by Gasteiger charge is 2.28. The fraction of sp³-hybridized carbons (Fsp3) is 0.500. The van der Waals surface area contributed by atoms with Gasteiger partial charge in [0.05, 0.1) is 6.04 Å². The summed E-state index contributed by atoms with van der Waals surface area (Å²) >= 11 is 0. The number of hydrogen-bond acceptors (Lipinski definition) is 3. The molecule has 17 heavy (non-hydrogen) atoms. The van der Waals surface area contributed by atoms with Crippen molar-refractivity contribution in [2.45, 2.75) is 19.5 Å². The number of carbonyl (C=O) groups excluding carboxylic acids is 1. The first-order valence-electron chi connectivity index (χ1n) is 5.95. The number of rotatable bonds is 4. The molecule has 2 heterocycles. The molecule has 1 saturated heterocycles. The molecule has 1 fully saturated rings. The number of pyridine rings is 1. The maximum Gasteiger partial charge on any atom is 0.318 e. The topological polar surface area (TPSA) is 57.3 Å². The molecule has 1 aliphatic rings. The second kappa shape index (κ2) is 5.63. The van der Waals surface area contributed by atoms with Gasteiger partial charge in [-0.2, -0.15) is 0 Å². The molecule has 5 nitrogen and oxygen atoms in total. The highest BCUT2D eigenvalue weighted by atomic mass is 16.2. The maximum atomic E-state index is 12.0. The lowest BCUT2D eigenvalue weighted by Gasteiger charge is -2.38. The van der Waals surface area contributed by atoms with Crippen molar-refractivity contribution in [2.24, 2.45) is 0 Å². The predicted molar refractivity (Wildman–Crippen MR) is 65.5 cm³/mol. The summed E-state index contributed by atoms with van der Waals surface area (Å²) in [6.07, 6.45) is 3.51. The zero-order valence-corrected chi connectivity index (χ0v) is 10.0. The first-order valence-corrected chi connectivity index (χ1v) is 5.95. The van der Waals surface area contributed by atoms with Crippen LogP contribution >= 0.6 is 0 Å². The highest BCUT2D eigenvalue weighted by molar-refractivity contribution is 5.74. The Kier molecular flexibility index (Phi) is 3.93. The Morgan fingerprint density at radius 2 is 2.24 bits per heavy atom. The Hall–Kier alpha value is -1.62. The second-order valence-corrected chi connectivity index (χ2v) is 4.13. The Morgan fingerprint density at radius 3 is 2.76 bits per heavy atom. The number of hydrogen-bond donors (Lipinski definition) is 2. The van der Waals surface area contributed by atoms with Gasteiger partial charge < -0.3 is 15.5 Å². The van der Waals surface area contributed by atoms with Crippen LogP contribution in [0.2, 0.25) is 0 Å². The van der Waals surface area contributed by atoms with Gasteiger partial charge in [0.15, 0.2) is 0 Å². The normalized spacial score (nSPS) is 15.1. The van der Waals surface area contributed by atoms with Gasteiger partial charge in [0, 0.05) is 38.6 Å². The summed E-state index contributed by atoms with van der Waals surface area (Å²) in [4.78, 5) is 17.8. The van der Waals surface area contributed by atoms with Crippen molar-refractivity contribution in [1.82, 2.24) is 20.5 Å². The van der Waals surface area contributed by atoms with E-state index in [4.69, 9.17) is 0 Å². The van der Waals surface area contributed by atoms with Gasteiger partial charge in [0.2, 0.25) is 0 Å². The lowest BCUT2D eigenvalue weighted by molar-refractivity contribution is 0.145. The van der Waals surface area contributed by atoms with Crippen LogP contribution in [0, 0.1) is 0 Å². The fourth-order valence-corrected chi connectivity index (χ4v) is 1.80. The molecule has 0 aromatic carbocycles. The SMILES string of the molecule is CCNC(=O)N(Cc1ccncc1)C1CNC1. The van der Waals surface area contributed by atoms with Gasteiger partial charge in [0.25, 0.3) is 0 Å². The number of urea groups is 1. The lowest BCUT2D eigenvalue weighted by atomic mass is 10.1. The molecule has 1 aliphatic heterocycles. The minimum Gasteiger partial charge on any atom is -0.338 e. The summed E-state index contributed by atoms with van der Waals surface area (Å²) in [6, 6.07) is 4.20. The Labute approximate surface area is 101 Å². The van der Waals surface area contributed by atoms with Crippen LogP contribution in [0.15, 0.2) is 24.5 Å². The van der Waals surface area contributed by atoms with E-state index in [0.29, 0.717) is 19.1 Å². The van der Waals surface area contributed by atoms with Crippen LogP contribution in [0.5, 0.6) is 0 Å². The fourth-order valence-electron chi connectivity index (χ4n) is 1.80. The zero-order valence-electron chi connectivity index (χ0n) is 10.0. The monoisotopic (exact) mass is 234 g/mol. The maximum absolute atomic E-state index is 12.0. The summed E-state index contributed by atoms with van der Waals surface area (Å²) < 4.78 is 0. The summed E-state index contributed by atoms with van der Waals surface area (Å²) in [5, 5.41) is 6.05. The molecule has 0 aliphatic carbocycles. The van der Waals surface area contributed by atoms with E-state index in [9.17, 15) is 4.79 Å². The van der Waals surface area contributed by atoms with E-state index < -0.39 is 0 Å². The van der Waals surface area contributed by atoms with Crippen molar-refractivity contribution >= 4 is 6.03 Å². The molecule has 2 rings (SSSR count). The molecule has 0 unspecified atom stereocenters. The van der Waals surface area contributed by atoms with Crippen LogP contribution in [0.4, 0.5) is 4.79 Å². The van der Waals surface area contributed by atoms with Crippen molar-refractivity contribution in [3.8, 4) is 0 Å². The van der Waals surface area contributed by atoms with Crippen molar-refractivity contribution in [1.29, 1.82) is 0 Å². The van der Waals surface area contributed by atoms with Gasteiger partial charge in [-0.05, 0) is 24.6 Å². The second-order valence-electron chi connectivity index (χ2n) is 4.13. The third-order valence-electron chi connectivity index (χ3n) is 2.89. The first kappa shape index (κ1) is 11.9. The largest absolute Gasteiger partial charge is 0.338 e. The molecule has 1 aromatic rings. The molecule has 0 atom stereocenters. The number of amides is 2. The molecule has 0 spiro atoms. The Bertz CT molecular complexity index is 364. The minimum absolute atomic E-state index is 0.0100. The van der Waals surface area contributed by atoms with Crippen molar-refractivity contribution < 1.29 is 4.79 Å². The van der Waals surface area contributed by atoms with E-state index in [1.165, 1.54) is 0 Å². The van der Waals surface area contributed by atoms with Gasteiger partial charge in [-0.25, -0.2) is 4.79 Å². The van der Waals surface area contributed by atoms with Crippen LogP contribution in [-0.2, 0) is 6.54 Å². The number of carbonyl (C=O) groups is 1. The van der Waals surface area contributed by atoms with Gasteiger partial charge in [0.1, 0.15) is 0 Å². The van der Waals surface area contributed by atoms with Gasteiger partial charge in [-0.1, -0.05) is 0 Å². The molecule has 0 saturated carbocycles. The molecule has 92 valence electrons. The molecule has 2 N–H and O–H groups in total. The molecule has 0 radical (unpaired) electrons. The van der Waals surface area contributed by atoms with E-state index in [-0.39, 0.29) is 6.03 Å². The first-order chi connectivity index (χ1) is 8.31. The van der Waals surface area contributed by atoms with Crippen molar-refractivity contribution in [3.63, 3.8) is 0 Å². The van der Waals surface area contributed by atoms with Crippen LogP contribution in [0.3, 0.4) is 0 Å². The lowest BCUT2D eigenvalue weighted by Crippen LogP contribution is -2.60. The predicted octanol–water partition coefficient (Wildman–Crippen LogP) is 0.585. The van der Waals surface area contributed by atoms with Crippen LogP contribution in [-0.4, -0.2) is 41.6 Å². The van der Waals surface area contributed by atoms with E-state index in [0.717, 1.165) is 18.7 Å². The standard InChI is InChI=1S/C12H18N4O/c1-2-15-12(17)16(11-7-14-8-11)9-10-3-5-13-6-4-10/h3-6,11,14H,2,7-9H2,1H3,(H,15,17). The van der Waals surface area contributed by atoms with E-state index in [1.54, 1.807) is 12.4 Å². The van der Waals surface area contributed by atoms with Crippen LogP contribution < -0.4 is 10.6 Å².